The van der Waals surface area contributed by atoms with E-state index in [2.05, 4.69) is 10.6 Å². The van der Waals surface area contributed by atoms with E-state index in [0.29, 0.717) is 12.0 Å². The van der Waals surface area contributed by atoms with Crippen LogP contribution in [0.15, 0.2) is 24.3 Å². The van der Waals surface area contributed by atoms with E-state index in [1.54, 1.807) is 12.1 Å². The van der Waals surface area contributed by atoms with Gasteiger partial charge in [0, 0.05) is 31.3 Å². The quantitative estimate of drug-likeness (QED) is 0.527. The van der Waals surface area contributed by atoms with E-state index in [1.165, 1.54) is 12.1 Å². The Hall–Kier alpha value is -2.15. The Morgan fingerprint density at radius 3 is 2.71 bits per heavy atom. The molecular weight excluding hydrogens is 274 g/mol. The molecule has 0 aliphatic rings. The molecule has 1 aromatic rings. The van der Waals surface area contributed by atoms with Crippen molar-refractivity contribution in [3.8, 4) is 0 Å². The zero-order valence-electron chi connectivity index (χ0n) is 12.2. The number of hydrogen-bond donors (Lipinski definition) is 3. The lowest BCUT2D eigenvalue weighted by Gasteiger charge is -2.21. The van der Waals surface area contributed by atoms with Crippen molar-refractivity contribution in [3.05, 3.63) is 39.9 Å². The molecule has 1 unspecified atom stereocenters. The van der Waals surface area contributed by atoms with Crippen molar-refractivity contribution in [1.29, 1.82) is 0 Å². The van der Waals surface area contributed by atoms with Crippen LogP contribution >= 0.6 is 0 Å². The average molecular weight is 295 g/mol. The first-order chi connectivity index (χ1) is 9.93. The van der Waals surface area contributed by atoms with Gasteiger partial charge in [-0.3, -0.25) is 10.1 Å². The smallest absolute Gasteiger partial charge is 0.315 e. The van der Waals surface area contributed by atoms with Crippen LogP contribution in [0, 0.1) is 16.0 Å². The molecule has 0 spiro atoms. The van der Waals surface area contributed by atoms with Gasteiger partial charge in [0.1, 0.15) is 0 Å². The SMILES string of the molecule is CC(C)C(CCO)NC(=O)NCc1cccc([N+](=O)[O-])c1. The fourth-order valence-electron chi connectivity index (χ4n) is 1.89. The van der Waals surface area contributed by atoms with Crippen LogP contribution in [0.3, 0.4) is 0 Å². The molecule has 7 nitrogen and oxygen atoms in total. The number of urea groups is 1. The second-order valence-electron chi connectivity index (χ2n) is 5.12. The van der Waals surface area contributed by atoms with Crippen molar-refractivity contribution >= 4 is 11.7 Å². The van der Waals surface area contributed by atoms with Crippen LogP contribution in [-0.4, -0.2) is 28.7 Å². The van der Waals surface area contributed by atoms with Gasteiger partial charge in [-0.25, -0.2) is 4.79 Å². The minimum atomic E-state index is -0.473. The Kier molecular flexibility index (Phi) is 6.61. The summed E-state index contributed by atoms with van der Waals surface area (Å²) in [6.07, 6.45) is 0.488. The van der Waals surface area contributed by atoms with Crippen LogP contribution in [0.4, 0.5) is 10.5 Å². The number of carbonyl (C=O) groups excluding carboxylic acids is 1. The monoisotopic (exact) mass is 295 g/mol. The molecule has 1 aromatic carbocycles. The predicted molar refractivity (Wildman–Crippen MR) is 78.8 cm³/mol. The largest absolute Gasteiger partial charge is 0.396 e. The minimum Gasteiger partial charge on any atom is -0.396 e. The molecule has 21 heavy (non-hydrogen) atoms. The van der Waals surface area contributed by atoms with Gasteiger partial charge < -0.3 is 15.7 Å². The number of nitro groups is 1. The van der Waals surface area contributed by atoms with Crippen LogP contribution < -0.4 is 10.6 Å². The summed E-state index contributed by atoms with van der Waals surface area (Å²) in [6.45, 7) is 4.13. The number of nitrogens with zero attached hydrogens (tertiary/aromatic N) is 1. The summed E-state index contributed by atoms with van der Waals surface area (Å²) in [6, 6.07) is 5.65. The van der Waals surface area contributed by atoms with Crippen molar-refractivity contribution in [1.82, 2.24) is 10.6 Å². The number of aliphatic hydroxyl groups is 1. The number of rotatable bonds is 7. The minimum absolute atomic E-state index is 0.00459. The standard InChI is InChI=1S/C14H21N3O4/c1-10(2)13(6-7-18)16-14(19)15-9-11-4-3-5-12(8-11)17(20)21/h3-5,8,10,13,18H,6-7,9H2,1-2H3,(H2,15,16,19). The number of amides is 2. The zero-order valence-corrected chi connectivity index (χ0v) is 12.2. The van der Waals surface area contributed by atoms with Gasteiger partial charge in [0.15, 0.2) is 0 Å². The van der Waals surface area contributed by atoms with E-state index in [4.69, 9.17) is 5.11 Å². The summed E-state index contributed by atoms with van der Waals surface area (Å²) in [5, 5.41) is 25.1. The summed E-state index contributed by atoms with van der Waals surface area (Å²) in [5.74, 6) is 0.209. The first-order valence-corrected chi connectivity index (χ1v) is 6.82. The third kappa shape index (κ3) is 5.78. The lowest BCUT2D eigenvalue weighted by Crippen LogP contribution is -2.44. The van der Waals surface area contributed by atoms with E-state index < -0.39 is 4.92 Å². The molecule has 1 rings (SSSR count). The van der Waals surface area contributed by atoms with Crippen LogP contribution in [0.25, 0.3) is 0 Å². The van der Waals surface area contributed by atoms with Crippen molar-refractivity contribution in [2.45, 2.75) is 32.9 Å². The zero-order chi connectivity index (χ0) is 15.8. The third-order valence-electron chi connectivity index (χ3n) is 3.14. The Labute approximate surface area is 123 Å². The number of aliphatic hydroxyl groups excluding tert-OH is 1. The summed E-state index contributed by atoms with van der Waals surface area (Å²) in [5.41, 5.74) is 0.651. The van der Waals surface area contributed by atoms with E-state index in [-0.39, 0.29) is 36.8 Å². The summed E-state index contributed by atoms with van der Waals surface area (Å²) in [7, 11) is 0. The molecule has 0 aliphatic carbocycles. The molecule has 0 heterocycles. The van der Waals surface area contributed by atoms with Gasteiger partial charge in [-0.1, -0.05) is 26.0 Å². The number of nitro benzene ring substituents is 1. The van der Waals surface area contributed by atoms with E-state index in [0.717, 1.165) is 0 Å². The molecule has 0 aliphatic heterocycles. The topological polar surface area (TPSA) is 104 Å². The Bertz CT molecular complexity index is 491. The van der Waals surface area contributed by atoms with E-state index in [1.807, 2.05) is 13.8 Å². The highest BCUT2D eigenvalue weighted by Crippen LogP contribution is 2.12. The maximum Gasteiger partial charge on any atom is 0.315 e. The van der Waals surface area contributed by atoms with Crippen molar-refractivity contribution < 1.29 is 14.8 Å². The maximum absolute atomic E-state index is 11.8. The first-order valence-electron chi connectivity index (χ1n) is 6.82. The summed E-state index contributed by atoms with van der Waals surface area (Å²) < 4.78 is 0. The summed E-state index contributed by atoms with van der Waals surface area (Å²) in [4.78, 5) is 22.0. The number of benzene rings is 1. The van der Waals surface area contributed by atoms with Gasteiger partial charge in [-0.05, 0) is 17.9 Å². The molecule has 3 N–H and O–H groups in total. The van der Waals surface area contributed by atoms with Gasteiger partial charge in [-0.2, -0.15) is 0 Å². The van der Waals surface area contributed by atoms with Gasteiger partial charge in [-0.15, -0.1) is 0 Å². The maximum atomic E-state index is 11.8. The molecule has 0 radical (unpaired) electrons. The molecule has 1 atom stereocenters. The molecule has 2 amide bonds. The molecule has 0 saturated carbocycles. The Balaban J connectivity index is 2.52. The lowest BCUT2D eigenvalue weighted by molar-refractivity contribution is -0.384. The second kappa shape index (κ2) is 8.21. The number of nitrogens with one attached hydrogen (secondary N) is 2. The van der Waals surface area contributed by atoms with Gasteiger partial charge in [0.05, 0.1) is 4.92 Å². The average Bonchev–Trinajstić information content (AvgIpc) is 2.45. The molecule has 0 aromatic heterocycles. The number of carbonyl (C=O) groups is 1. The van der Waals surface area contributed by atoms with E-state index >= 15 is 0 Å². The van der Waals surface area contributed by atoms with E-state index in [9.17, 15) is 14.9 Å². The van der Waals surface area contributed by atoms with Crippen LogP contribution in [0.5, 0.6) is 0 Å². The lowest BCUT2D eigenvalue weighted by atomic mass is 10.0. The van der Waals surface area contributed by atoms with Gasteiger partial charge >= 0.3 is 6.03 Å². The molecule has 7 heteroatoms. The number of non-ortho nitro benzene ring substituents is 1. The highest BCUT2D eigenvalue weighted by atomic mass is 16.6. The van der Waals surface area contributed by atoms with Crippen molar-refractivity contribution in [3.63, 3.8) is 0 Å². The van der Waals surface area contributed by atoms with Gasteiger partial charge in [0.2, 0.25) is 0 Å². The predicted octanol–water partition coefficient (Wildman–Crippen LogP) is 1.80. The van der Waals surface area contributed by atoms with Crippen LogP contribution in [0.1, 0.15) is 25.8 Å². The molecule has 0 saturated heterocycles. The molecule has 0 fully saturated rings. The highest BCUT2D eigenvalue weighted by molar-refractivity contribution is 5.74. The van der Waals surface area contributed by atoms with Crippen molar-refractivity contribution in [2.75, 3.05) is 6.61 Å². The third-order valence-corrected chi connectivity index (χ3v) is 3.14. The Morgan fingerprint density at radius 2 is 2.14 bits per heavy atom. The van der Waals surface area contributed by atoms with Crippen molar-refractivity contribution in [2.24, 2.45) is 5.92 Å². The second-order valence-corrected chi connectivity index (χ2v) is 5.12. The summed E-state index contributed by atoms with van der Waals surface area (Å²) >= 11 is 0. The van der Waals surface area contributed by atoms with Gasteiger partial charge in [0.25, 0.3) is 5.69 Å². The number of hydrogen-bond acceptors (Lipinski definition) is 4. The highest BCUT2D eigenvalue weighted by Gasteiger charge is 2.15. The normalized spacial score (nSPS) is 12.0. The molecule has 0 bridgehead atoms. The van der Waals surface area contributed by atoms with Crippen LogP contribution in [0.2, 0.25) is 0 Å². The molecular formula is C14H21N3O4. The fourth-order valence-corrected chi connectivity index (χ4v) is 1.89. The molecule has 116 valence electrons. The Morgan fingerprint density at radius 1 is 1.43 bits per heavy atom. The fraction of sp³-hybridized carbons (Fsp3) is 0.500. The first kappa shape index (κ1) is 16.9. The van der Waals surface area contributed by atoms with Crippen LogP contribution in [-0.2, 0) is 6.54 Å².